The lowest BCUT2D eigenvalue weighted by Crippen LogP contribution is -2.29. The molecule has 1 fully saturated rings. The van der Waals surface area contributed by atoms with Crippen LogP contribution in [-0.2, 0) is 9.59 Å². The molecule has 1 saturated carbocycles. The zero-order valence-corrected chi connectivity index (χ0v) is 10.6. The van der Waals surface area contributed by atoms with E-state index in [1.54, 1.807) is 14.1 Å². The van der Waals surface area contributed by atoms with Gasteiger partial charge in [0, 0.05) is 20.1 Å². The van der Waals surface area contributed by atoms with Crippen LogP contribution in [0.5, 0.6) is 0 Å². The summed E-state index contributed by atoms with van der Waals surface area (Å²) in [6.45, 7) is 0. The van der Waals surface area contributed by atoms with E-state index in [9.17, 15) is 9.59 Å². The Hall–Kier alpha value is -0.810. The second kappa shape index (κ2) is 9.42. The number of nitrogens with zero attached hydrogens (tertiary/aromatic N) is 1. The average molecular weight is 253 g/mol. The highest BCUT2D eigenvalue weighted by Crippen LogP contribution is 2.22. The Balaban J connectivity index is 0. The molecule has 0 atom stereocenters. The van der Waals surface area contributed by atoms with Crippen molar-refractivity contribution in [2.24, 2.45) is 11.7 Å². The van der Waals surface area contributed by atoms with Gasteiger partial charge in [0.1, 0.15) is 0 Å². The van der Waals surface area contributed by atoms with Crippen molar-refractivity contribution in [2.45, 2.75) is 31.7 Å². The molecule has 0 aromatic carbocycles. The molecule has 0 aliphatic heterocycles. The number of carboxylic acid groups (broad SMARTS) is 1. The molecule has 0 heterocycles. The first kappa shape index (κ1) is 17.6. The van der Waals surface area contributed by atoms with Gasteiger partial charge in [0.25, 0.3) is 0 Å². The number of carbonyl (C=O) groups is 2. The van der Waals surface area contributed by atoms with Crippen LogP contribution in [0.1, 0.15) is 25.7 Å². The lowest BCUT2D eigenvalue weighted by atomic mass is 9.87. The van der Waals surface area contributed by atoms with E-state index in [4.69, 9.17) is 10.8 Å². The summed E-state index contributed by atoms with van der Waals surface area (Å²) >= 11 is 0. The highest BCUT2D eigenvalue weighted by atomic mass is 35.5. The monoisotopic (exact) mass is 252 g/mol. The fraction of sp³-hybridized carbons (Fsp3) is 0.800. The van der Waals surface area contributed by atoms with Crippen LogP contribution in [0.15, 0.2) is 0 Å². The predicted molar refractivity (Wildman–Crippen MR) is 64.6 cm³/mol. The van der Waals surface area contributed by atoms with Crippen LogP contribution in [-0.4, -0.2) is 42.5 Å². The molecular weight excluding hydrogens is 232 g/mol. The first-order valence-corrected chi connectivity index (χ1v) is 5.07. The van der Waals surface area contributed by atoms with Crippen molar-refractivity contribution in [3.05, 3.63) is 0 Å². The van der Waals surface area contributed by atoms with E-state index < -0.39 is 5.97 Å². The van der Waals surface area contributed by atoms with Crippen LogP contribution in [0.4, 0.5) is 0 Å². The first-order chi connectivity index (χ1) is 6.97. The Kier molecular flexibility index (Phi) is 10.3. The molecule has 0 saturated heterocycles. The van der Waals surface area contributed by atoms with Crippen LogP contribution < -0.4 is 5.73 Å². The number of nitrogens with two attached hydrogens (primary N) is 1. The molecule has 0 spiro atoms. The molecule has 5 nitrogen and oxygen atoms in total. The van der Waals surface area contributed by atoms with Gasteiger partial charge in [-0.05, 0) is 25.7 Å². The Morgan fingerprint density at radius 2 is 1.69 bits per heavy atom. The van der Waals surface area contributed by atoms with Crippen molar-refractivity contribution in [1.29, 1.82) is 0 Å². The van der Waals surface area contributed by atoms with E-state index in [-0.39, 0.29) is 24.4 Å². The minimum absolute atomic E-state index is 0. The largest absolute Gasteiger partial charge is 0.481 e. The number of hydrogen-bond donors (Lipinski definition) is 2. The van der Waals surface area contributed by atoms with E-state index >= 15 is 0 Å². The van der Waals surface area contributed by atoms with Gasteiger partial charge in [-0.1, -0.05) is 0 Å². The van der Waals surface area contributed by atoms with Gasteiger partial charge in [-0.15, -0.1) is 12.4 Å². The van der Waals surface area contributed by atoms with Crippen molar-refractivity contribution in [2.75, 3.05) is 14.1 Å². The number of carbonyl (C=O) groups excluding carboxylic acids is 1. The minimum Gasteiger partial charge on any atom is -0.481 e. The van der Waals surface area contributed by atoms with E-state index in [0.717, 1.165) is 32.1 Å². The molecule has 0 aromatic heterocycles. The quantitative estimate of drug-likeness (QED) is 0.709. The summed E-state index contributed by atoms with van der Waals surface area (Å²) in [6, 6.07) is 0.246. The van der Waals surface area contributed by atoms with Crippen molar-refractivity contribution >= 4 is 24.8 Å². The fourth-order valence-electron chi connectivity index (χ4n) is 1.37. The molecular formula is C10H21ClN2O3. The highest BCUT2D eigenvalue weighted by Gasteiger charge is 2.23. The first-order valence-electron chi connectivity index (χ1n) is 5.07. The zero-order chi connectivity index (χ0) is 11.8. The minimum atomic E-state index is -0.660. The maximum atomic E-state index is 10.4. The number of aliphatic carboxylic acids is 1. The molecule has 0 aromatic rings. The average Bonchev–Trinajstić information content (AvgIpc) is 2.19. The summed E-state index contributed by atoms with van der Waals surface area (Å²) in [4.78, 5) is 21.3. The van der Waals surface area contributed by atoms with Crippen LogP contribution in [0, 0.1) is 5.92 Å². The number of amides is 1. The van der Waals surface area contributed by atoms with Gasteiger partial charge < -0.3 is 15.7 Å². The molecule has 3 N–H and O–H groups in total. The summed E-state index contributed by atoms with van der Waals surface area (Å²) in [5.74, 6) is -0.785. The molecule has 16 heavy (non-hydrogen) atoms. The maximum Gasteiger partial charge on any atom is 0.306 e. The molecule has 0 radical (unpaired) electrons. The topological polar surface area (TPSA) is 83.6 Å². The van der Waals surface area contributed by atoms with Gasteiger partial charge in [0.05, 0.1) is 5.92 Å². The molecule has 1 rings (SSSR count). The summed E-state index contributed by atoms with van der Waals surface area (Å²) in [5.41, 5.74) is 5.60. The Bertz CT molecular complexity index is 204. The third kappa shape index (κ3) is 8.49. The number of halogens is 1. The van der Waals surface area contributed by atoms with Gasteiger partial charge in [0.15, 0.2) is 0 Å². The van der Waals surface area contributed by atoms with E-state index in [2.05, 4.69) is 0 Å². The normalized spacial score (nSPS) is 23.2. The molecule has 1 amide bonds. The van der Waals surface area contributed by atoms with Gasteiger partial charge in [-0.3, -0.25) is 9.59 Å². The standard InChI is InChI=1S/C7H13NO2.C3H7NO.ClH/c8-6-3-1-5(2-4-6)7(9)10;1-4(2)3-5;/h5-6H,1-4,8H2,(H,9,10);3H,1-2H3;1H. The van der Waals surface area contributed by atoms with Gasteiger partial charge >= 0.3 is 5.97 Å². The van der Waals surface area contributed by atoms with E-state index in [1.807, 2.05) is 0 Å². The summed E-state index contributed by atoms with van der Waals surface area (Å²) in [5, 5.41) is 8.58. The molecule has 0 unspecified atom stereocenters. The zero-order valence-electron chi connectivity index (χ0n) is 9.76. The summed E-state index contributed by atoms with van der Waals surface area (Å²) < 4.78 is 0. The van der Waals surface area contributed by atoms with Crippen molar-refractivity contribution in [3.8, 4) is 0 Å². The van der Waals surface area contributed by atoms with Crippen LogP contribution in [0.3, 0.4) is 0 Å². The molecule has 0 bridgehead atoms. The summed E-state index contributed by atoms with van der Waals surface area (Å²) in [6.07, 6.45) is 4.01. The molecule has 6 heteroatoms. The lowest BCUT2D eigenvalue weighted by Gasteiger charge is -2.22. The predicted octanol–water partition coefficient (Wildman–Crippen LogP) is 0.715. The Morgan fingerprint density at radius 1 is 1.31 bits per heavy atom. The smallest absolute Gasteiger partial charge is 0.306 e. The lowest BCUT2D eigenvalue weighted by molar-refractivity contribution is -0.142. The molecule has 1 aliphatic rings. The highest BCUT2D eigenvalue weighted by molar-refractivity contribution is 5.85. The maximum absolute atomic E-state index is 10.4. The number of hydrogen-bond acceptors (Lipinski definition) is 3. The third-order valence-corrected chi connectivity index (χ3v) is 2.33. The Morgan fingerprint density at radius 3 is 1.94 bits per heavy atom. The molecule has 1 aliphatic carbocycles. The third-order valence-electron chi connectivity index (χ3n) is 2.33. The second-order valence-corrected chi connectivity index (χ2v) is 4.02. The van der Waals surface area contributed by atoms with Crippen LogP contribution >= 0.6 is 12.4 Å². The van der Waals surface area contributed by atoms with Crippen LogP contribution in [0.25, 0.3) is 0 Å². The number of carboxylic acids is 1. The SMILES string of the molecule is CN(C)C=O.Cl.NC1CCC(C(=O)O)CC1. The van der Waals surface area contributed by atoms with Gasteiger partial charge in [-0.25, -0.2) is 0 Å². The van der Waals surface area contributed by atoms with Crippen molar-refractivity contribution in [3.63, 3.8) is 0 Å². The summed E-state index contributed by atoms with van der Waals surface area (Å²) in [7, 11) is 3.38. The van der Waals surface area contributed by atoms with E-state index in [0.29, 0.717) is 0 Å². The van der Waals surface area contributed by atoms with E-state index in [1.165, 1.54) is 4.90 Å². The van der Waals surface area contributed by atoms with Crippen molar-refractivity contribution < 1.29 is 14.7 Å². The molecule has 96 valence electrons. The second-order valence-electron chi connectivity index (χ2n) is 4.02. The van der Waals surface area contributed by atoms with Crippen LogP contribution in [0.2, 0.25) is 0 Å². The number of rotatable bonds is 2. The van der Waals surface area contributed by atoms with Gasteiger partial charge in [-0.2, -0.15) is 0 Å². The van der Waals surface area contributed by atoms with Gasteiger partial charge in [0.2, 0.25) is 6.41 Å². The Labute approximate surface area is 102 Å². The van der Waals surface area contributed by atoms with Crippen molar-refractivity contribution in [1.82, 2.24) is 4.90 Å². The fourth-order valence-corrected chi connectivity index (χ4v) is 1.37.